The zero-order valence-electron chi connectivity index (χ0n) is 12.6. The number of carbonyl (C=O) groups is 1. The van der Waals surface area contributed by atoms with Crippen molar-refractivity contribution in [3.63, 3.8) is 0 Å². The predicted molar refractivity (Wildman–Crippen MR) is 81.8 cm³/mol. The Labute approximate surface area is 129 Å². The van der Waals surface area contributed by atoms with Crippen LogP contribution >= 0.6 is 0 Å². The van der Waals surface area contributed by atoms with E-state index in [0.717, 1.165) is 36.9 Å². The van der Waals surface area contributed by atoms with Crippen LogP contribution < -0.4 is 5.32 Å². The highest BCUT2D eigenvalue weighted by atomic mass is 16.3. The van der Waals surface area contributed by atoms with Gasteiger partial charge in [-0.25, -0.2) is 4.68 Å². The Kier molecular flexibility index (Phi) is 4.20. The molecule has 2 N–H and O–H groups in total. The van der Waals surface area contributed by atoms with Gasteiger partial charge in [-0.2, -0.15) is 0 Å². The molecule has 0 saturated heterocycles. The van der Waals surface area contributed by atoms with Crippen LogP contribution in [0.15, 0.2) is 30.5 Å². The number of nitrogens with one attached hydrogen (secondary N) is 1. The van der Waals surface area contributed by atoms with Crippen LogP contribution in [0.3, 0.4) is 0 Å². The second kappa shape index (κ2) is 6.27. The smallest absolute Gasteiger partial charge is 0.273 e. The molecule has 0 unspecified atom stereocenters. The van der Waals surface area contributed by atoms with Gasteiger partial charge in [0, 0.05) is 6.04 Å². The van der Waals surface area contributed by atoms with Gasteiger partial charge in [-0.1, -0.05) is 17.3 Å². The maximum atomic E-state index is 12.2. The number of aliphatic hydroxyl groups is 1. The van der Waals surface area contributed by atoms with Crippen LogP contribution in [-0.2, 0) is 0 Å². The van der Waals surface area contributed by atoms with Crippen molar-refractivity contribution in [3.8, 4) is 5.69 Å². The number of rotatable bonds is 3. The van der Waals surface area contributed by atoms with Crippen molar-refractivity contribution in [1.29, 1.82) is 0 Å². The Hall–Kier alpha value is -2.21. The van der Waals surface area contributed by atoms with E-state index in [9.17, 15) is 9.90 Å². The first-order valence-electron chi connectivity index (χ1n) is 7.60. The summed E-state index contributed by atoms with van der Waals surface area (Å²) >= 11 is 0. The summed E-state index contributed by atoms with van der Waals surface area (Å²) in [5.74, 6) is -0.208. The van der Waals surface area contributed by atoms with Gasteiger partial charge < -0.3 is 10.4 Å². The van der Waals surface area contributed by atoms with Gasteiger partial charge in [0.15, 0.2) is 5.69 Å². The molecule has 2 aromatic rings. The number of hydrogen-bond acceptors (Lipinski definition) is 4. The van der Waals surface area contributed by atoms with Crippen molar-refractivity contribution >= 4 is 5.91 Å². The molecule has 22 heavy (non-hydrogen) atoms. The molecule has 1 aliphatic carbocycles. The highest BCUT2D eigenvalue weighted by Gasteiger charge is 2.22. The summed E-state index contributed by atoms with van der Waals surface area (Å²) in [7, 11) is 0. The van der Waals surface area contributed by atoms with Crippen LogP contribution in [0, 0.1) is 6.92 Å². The van der Waals surface area contributed by atoms with Crippen LogP contribution in [0.4, 0.5) is 0 Å². The highest BCUT2D eigenvalue weighted by molar-refractivity contribution is 5.92. The molecule has 0 radical (unpaired) electrons. The molecule has 1 saturated carbocycles. The summed E-state index contributed by atoms with van der Waals surface area (Å²) in [5, 5.41) is 20.4. The van der Waals surface area contributed by atoms with Gasteiger partial charge in [0.05, 0.1) is 18.0 Å². The third-order valence-electron chi connectivity index (χ3n) is 4.02. The predicted octanol–water partition coefficient (Wildman–Crippen LogP) is 1.61. The van der Waals surface area contributed by atoms with Crippen LogP contribution in [0.2, 0.25) is 0 Å². The van der Waals surface area contributed by atoms with Gasteiger partial charge in [-0.05, 0) is 50.3 Å². The summed E-state index contributed by atoms with van der Waals surface area (Å²) in [6, 6.07) is 7.97. The van der Waals surface area contributed by atoms with Gasteiger partial charge >= 0.3 is 0 Å². The Bertz CT molecular complexity index is 660. The number of aliphatic hydroxyl groups excluding tert-OH is 1. The lowest BCUT2D eigenvalue weighted by atomic mass is 9.93. The largest absolute Gasteiger partial charge is 0.393 e. The molecule has 1 aromatic carbocycles. The van der Waals surface area contributed by atoms with E-state index in [1.165, 1.54) is 0 Å². The molecular formula is C16H20N4O2. The first-order chi connectivity index (χ1) is 10.6. The monoisotopic (exact) mass is 300 g/mol. The summed E-state index contributed by atoms with van der Waals surface area (Å²) in [4.78, 5) is 12.2. The fourth-order valence-electron chi connectivity index (χ4n) is 2.74. The molecule has 3 rings (SSSR count). The van der Waals surface area contributed by atoms with Crippen molar-refractivity contribution in [2.45, 2.75) is 44.8 Å². The summed E-state index contributed by atoms with van der Waals surface area (Å²) in [6.45, 7) is 2.01. The van der Waals surface area contributed by atoms with Crippen LogP contribution in [0.25, 0.3) is 5.69 Å². The number of benzene rings is 1. The van der Waals surface area contributed by atoms with E-state index in [2.05, 4.69) is 15.6 Å². The average Bonchev–Trinajstić information content (AvgIpc) is 3.00. The SMILES string of the molecule is Cc1cccc(-n2cc(C(=O)NC3CCC(O)CC3)nn2)c1. The Balaban J connectivity index is 1.67. The lowest BCUT2D eigenvalue weighted by molar-refractivity contribution is 0.0863. The van der Waals surface area contributed by atoms with Gasteiger partial charge in [0.25, 0.3) is 5.91 Å². The maximum Gasteiger partial charge on any atom is 0.273 e. The number of carbonyl (C=O) groups excluding carboxylic acids is 1. The normalized spacial score (nSPS) is 21.5. The molecule has 1 fully saturated rings. The third kappa shape index (κ3) is 3.33. The first-order valence-corrected chi connectivity index (χ1v) is 7.60. The van der Waals surface area contributed by atoms with Crippen molar-refractivity contribution in [1.82, 2.24) is 20.3 Å². The third-order valence-corrected chi connectivity index (χ3v) is 4.02. The first kappa shape index (κ1) is 14.7. The van der Waals surface area contributed by atoms with E-state index in [4.69, 9.17) is 0 Å². The molecule has 0 atom stereocenters. The summed E-state index contributed by atoms with van der Waals surface area (Å²) < 4.78 is 1.60. The van der Waals surface area contributed by atoms with Gasteiger partial charge in [0.1, 0.15) is 0 Å². The van der Waals surface area contributed by atoms with Crippen LogP contribution in [0.1, 0.15) is 41.7 Å². The number of aromatic nitrogens is 3. The topological polar surface area (TPSA) is 80.0 Å². The van der Waals surface area contributed by atoms with Crippen molar-refractivity contribution in [3.05, 3.63) is 41.7 Å². The zero-order chi connectivity index (χ0) is 15.5. The molecule has 1 aliphatic rings. The number of amides is 1. The lowest BCUT2D eigenvalue weighted by Crippen LogP contribution is -2.38. The molecular weight excluding hydrogens is 280 g/mol. The molecule has 0 spiro atoms. The number of nitrogens with zero attached hydrogens (tertiary/aromatic N) is 3. The zero-order valence-corrected chi connectivity index (χ0v) is 12.6. The Morgan fingerprint density at radius 2 is 2.09 bits per heavy atom. The summed E-state index contributed by atoms with van der Waals surface area (Å²) in [5.41, 5.74) is 2.32. The van der Waals surface area contributed by atoms with E-state index in [1.54, 1.807) is 10.9 Å². The second-order valence-corrected chi connectivity index (χ2v) is 5.87. The van der Waals surface area contributed by atoms with E-state index >= 15 is 0 Å². The van der Waals surface area contributed by atoms with E-state index in [-0.39, 0.29) is 18.1 Å². The lowest BCUT2D eigenvalue weighted by Gasteiger charge is -2.25. The van der Waals surface area contributed by atoms with Crippen molar-refractivity contribution < 1.29 is 9.90 Å². The Morgan fingerprint density at radius 1 is 1.32 bits per heavy atom. The van der Waals surface area contributed by atoms with E-state index < -0.39 is 0 Å². The highest BCUT2D eigenvalue weighted by Crippen LogP contribution is 2.18. The van der Waals surface area contributed by atoms with Gasteiger partial charge in [-0.3, -0.25) is 4.79 Å². The molecule has 116 valence electrons. The number of hydrogen-bond donors (Lipinski definition) is 2. The Morgan fingerprint density at radius 3 is 2.82 bits per heavy atom. The fourth-order valence-corrected chi connectivity index (χ4v) is 2.74. The van der Waals surface area contributed by atoms with Gasteiger partial charge in [0.2, 0.25) is 0 Å². The average molecular weight is 300 g/mol. The summed E-state index contributed by atoms with van der Waals surface area (Å²) in [6.07, 6.45) is 4.50. The molecule has 0 aliphatic heterocycles. The molecule has 1 heterocycles. The standard InChI is InChI=1S/C16H20N4O2/c1-11-3-2-4-13(9-11)20-10-15(18-19-20)16(22)17-12-5-7-14(21)8-6-12/h2-4,9-10,12,14,21H,5-8H2,1H3,(H,17,22). The van der Waals surface area contributed by atoms with Crippen molar-refractivity contribution in [2.24, 2.45) is 0 Å². The van der Waals surface area contributed by atoms with E-state index in [1.807, 2.05) is 31.2 Å². The van der Waals surface area contributed by atoms with Gasteiger partial charge in [-0.15, -0.1) is 5.10 Å². The van der Waals surface area contributed by atoms with Crippen LogP contribution in [0.5, 0.6) is 0 Å². The minimum absolute atomic E-state index is 0.111. The fraction of sp³-hybridized carbons (Fsp3) is 0.438. The second-order valence-electron chi connectivity index (χ2n) is 5.87. The maximum absolute atomic E-state index is 12.2. The molecule has 6 heteroatoms. The minimum Gasteiger partial charge on any atom is -0.393 e. The molecule has 1 aromatic heterocycles. The molecule has 0 bridgehead atoms. The minimum atomic E-state index is -0.227. The quantitative estimate of drug-likeness (QED) is 0.902. The van der Waals surface area contributed by atoms with Crippen molar-refractivity contribution in [2.75, 3.05) is 0 Å². The molecule has 6 nitrogen and oxygen atoms in total. The van der Waals surface area contributed by atoms with Crippen LogP contribution in [-0.4, -0.2) is 38.2 Å². The number of aryl methyl sites for hydroxylation is 1. The molecule has 1 amide bonds. The van der Waals surface area contributed by atoms with E-state index in [0.29, 0.717) is 5.69 Å².